The summed E-state index contributed by atoms with van der Waals surface area (Å²) in [7, 11) is 1.53. The quantitative estimate of drug-likeness (QED) is 0.821. The summed E-state index contributed by atoms with van der Waals surface area (Å²) in [4.78, 5) is 50.1. The van der Waals surface area contributed by atoms with Crippen LogP contribution in [0.2, 0.25) is 0 Å². The van der Waals surface area contributed by atoms with E-state index in [4.69, 9.17) is 0 Å². The summed E-state index contributed by atoms with van der Waals surface area (Å²) in [6.07, 6.45) is 2.38. The Bertz CT molecular complexity index is 915. The number of aromatic nitrogens is 2. The van der Waals surface area contributed by atoms with Crippen molar-refractivity contribution in [1.82, 2.24) is 24.7 Å². The van der Waals surface area contributed by atoms with Gasteiger partial charge in [0.05, 0.1) is 6.20 Å². The molecule has 1 N–H and O–H groups in total. The Morgan fingerprint density at radius 3 is 2.46 bits per heavy atom. The molecule has 2 saturated heterocycles. The molecule has 0 unspecified atom stereocenters. The van der Waals surface area contributed by atoms with Gasteiger partial charge in [0.15, 0.2) is 0 Å². The molecular weight excluding hydrogens is 358 g/mol. The standard InChI is InChI=1S/C20H23N5O3/c1-14-21-12-16(22-14)17(26)24-10-8-20(9-11-24)18(27)23(2)19(28)25(20)13-15-6-4-3-5-7-15/h3-7,12H,8-11,13H2,1-2H3,(H,21,22). The van der Waals surface area contributed by atoms with Gasteiger partial charge < -0.3 is 14.8 Å². The van der Waals surface area contributed by atoms with Crippen molar-refractivity contribution in [2.24, 2.45) is 0 Å². The molecule has 0 bridgehead atoms. The summed E-state index contributed by atoms with van der Waals surface area (Å²) in [5.74, 6) is 0.372. The Hall–Kier alpha value is -3.16. The van der Waals surface area contributed by atoms with Crippen LogP contribution in [0.3, 0.4) is 0 Å². The highest BCUT2D eigenvalue weighted by Crippen LogP contribution is 2.38. The maximum absolute atomic E-state index is 13.0. The number of aromatic amines is 1. The first-order chi connectivity index (χ1) is 13.4. The highest BCUT2D eigenvalue weighted by molar-refractivity contribution is 6.07. The van der Waals surface area contributed by atoms with Gasteiger partial charge >= 0.3 is 6.03 Å². The minimum atomic E-state index is -0.887. The van der Waals surface area contributed by atoms with E-state index in [-0.39, 0.29) is 17.8 Å². The maximum Gasteiger partial charge on any atom is 0.327 e. The third-order valence-electron chi connectivity index (χ3n) is 5.73. The number of H-pyrrole nitrogens is 1. The van der Waals surface area contributed by atoms with E-state index in [1.54, 1.807) is 16.7 Å². The number of aryl methyl sites for hydroxylation is 1. The smallest absolute Gasteiger partial charge is 0.327 e. The normalized spacial score (nSPS) is 19.0. The Labute approximate surface area is 163 Å². The summed E-state index contributed by atoms with van der Waals surface area (Å²) < 4.78 is 0. The summed E-state index contributed by atoms with van der Waals surface area (Å²) in [5, 5.41) is 0. The lowest BCUT2D eigenvalue weighted by molar-refractivity contribution is -0.134. The number of carbonyl (C=O) groups excluding carboxylic acids is 3. The Morgan fingerprint density at radius 2 is 1.86 bits per heavy atom. The molecule has 0 aliphatic carbocycles. The first kappa shape index (κ1) is 18.2. The van der Waals surface area contributed by atoms with E-state index in [0.29, 0.717) is 44.0 Å². The zero-order chi connectivity index (χ0) is 19.9. The summed E-state index contributed by atoms with van der Waals surface area (Å²) >= 11 is 0. The number of hydrogen-bond donors (Lipinski definition) is 1. The molecule has 0 radical (unpaired) electrons. The van der Waals surface area contributed by atoms with Crippen molar-refractivity contribution in [3.63, 3.8) is 0 Å². The number of urea groups is 1. The van der Waals surface area contributed by atoms with Crippen molar-refractivity contribution >= 4 is 17.8 Å². The second-order valence-electron chi connectivity index (χ2n) is 7.42. The van der Waals surface area contributed by atoms with E-state index in [1.807, 2.05) is 30.3 Å². The molecule has 1 aromatic heterocycles. The van der Waals surface area contributed by atoms with Gasteiger partial charge in [-0.15, -0.1) is 0 Å². The van der Waals surface area contributed by atoms with Crippen LogP contribution in [0.5, 0.6) is 0 Å². The second-order valence-corrected chi connectivity index (χ2v) is 7.42. The zero-order valence-corrected chi connectivity index (χ0v) is 16.0. The topological polar surface area (TPSA) is 89.6 Å². The third kappa shape index (κ3) is 2.85. The van der Waals surface area contributed by atoms with Crippen LogP contribution in [0, 0.1) is 6.92 Å². The molecule has 4 amide bonds. The number of likely N-dealkylation sites (N-methyl/N-ethyl adjacent to an activating group) is 1. The molecule has 0 atom stereocenters. The van der Waals surface area contributed by atoms with Crippen molar-refractivity contribution in [2.75, 3.05) is 20.1 Å². The van der Waals surface area contributed by atoms with Crippen LogP contribution >= 0.6 is 0 Å². The SMILES string of the molecule is Cc1ncc(C(=O)N2CCC3(CC2)C(=O)N(C)C(=O)N3Cc2ccccc2)[nH]1. The largest absolute Gasteiger partial charge is 0.338 e. The van der Waals surface area contributed by atoms with Gasteiger partial charge in [-0.3, -0.25) is 14.5 Å². The molecule has 2 aromatic rings. The highest BCUT2D eigenvalue weighted by atomic mass is 16.2. The summed E-state index contributed by atoms with van der Waals surface area (Å²) in [6.45, 7) is 3.00. The number of carbonyl (C=O) groups is 3. The number of nitrogens with one attached hydrogen (secondary N) is 1. The number of hydrogen-bond acceptors (Lipinski definition) is 4. The average Bonchev–Trinajstić information content (AvgIpc) is 3.22. The van der Waals surface area contributed by atoms with Crippen molar-refractivity contribution in [3.8, 4) is 0 Å². The number of imidazole rings is 1. The predicted octanol–water partition coefficient (Wildman–Crippen LogP) is 1.79. The molecule has 2 aliphatic heterocycles. The molecule has 2 fully saturated rings. The number of imide groups is 1. The summed E-state index contributed by atoms with van der Waals surface area (Å²) in [5.41, 5.74) is 0.535. The maximum atomic E-state index is 13.0. The van der Waals surface area contributed by atoms with Gasteiger partial charge in [0.25, 0.3) is 11.8 Å². The third-order valence-corrected chi connectivity index (χ3v) is 5.73. The van der Waals surface area contributed by atoms with Gasteiger partial charge in [-0.05, 0) is 25.3 Å². The second kappa shape index (κ2) is 6.78. The number of benzene rings is 1. The molecule has 4 rings (SSSR count). The van der Waals surface area contributed by atoms with Crippen LogP contribution < -0.4 is 0 Å². The number of rotatable bonds is 3. The number of amides is 4. The summed E-state index contributed by atoms with van der Waals surface area (Å²) in [6, 6.07) is 9.37. The van der Waals surface area contributed by atoms with Gasteiger partial charge in [0.1, 0.15) is 17.1 Å². The lowest BCUT2D eigenvalue weighted by atomic mass is 9.85. The van der Waals surface area contributed by atoms with Crippen LogP contribution in [-0.2, 0) is 11.3 Å². The fourth-order valence-electron chi connectivity index (χ4n) is 4.13. The van der Waals surface area contributed by atoms with Gasteiger partial charge in [-0.1, -0.05) is 30.3 Å². The lowest BCUT2D eigenvalue weighted by Gasteiger charge is -2.42. The molecule has 1 aromatic carbocycles. The van der Waals surface area contributed by atoms with Crippen molar-refractivity contribution in [1.29, 1.82) is 0 Å². The van der Waals surface area contributed by atoms with Crippen molar-refractivity contribution < 1.29 is 14.4 Å². The Balaban J connectivity index is 1.55. The minimum Gasteiger partial charge on any atom is -0.338 e. The van der Waals surface area contributed by atoms with E-state index < -0.39 is 5.54 Å². The van der Waals surface area contributed by atoms with Gasteiger partial charge in [-0.25, -0.2) is 9.78 Å². The highest BCUT2D eigenvalue weighted by Gasteiger charge is 2.57. The van der Waals surface area contributed by atoms with Gasteiger partial charge in [0.2, 0.25) is 0 Å². The molecule has 146 valence electrons. The first-order valence-electron chi connectivity index (χ1n) is 9.37. The van der Waals surface area contributed by atoms with E-state index in [9.17, 15) is 14.4 Å². The van der Waals surface area contributed by atoms with Gasteiger partial charge in [-0.2, -0.15) is 0 Å². The molecule has 2 aliphatic rings. The van der Waals surface area contributed by atoms with E-state index in [2.05, 4.69) is 9.97 Å². The molecular formula is C20H23N5O3. The molecule has 8 heteroatoms. The lowest BCUT2D eigenvalue weighted by Crippen LogP contribution is -2.57. The number of piperidine rings is 1. The fraction of sp³-hybridized carbons (Fsp3) is 0.400. The average molecular weight is 381 g/mol. The first-order valence-corrected chi connectivity index (χ1v) is 9.37. The minimum absolute atomic E-state index is 0.129. The Kier molecular flexibility index (Phi) is 4.41. The van der Waals surface area contributed by atoms with Crippen LogP contribution in [0.4, 0.5) is 4.79 Å². The Morgan fingerprint density at radius 1 is 1.18 bits per heavy atom. The van der Waals surface area contributed by atoms with Crippen molar-refractivity contribution in [3.05, 3.63) is 53.6 Å². The van der Waals surface area contributed by atoms with Crippen LogP contribution in [0.15, 0.2) is 36.5 Å². The molecule has 1 spiro atoms. The fourth-order valence-corrected chi connectivity index (χ4v) is 4.13. The molecule has 3 heterocycles. The van der Waals surface area contributed by atoms with E-state index in [0.717, 1.165) is 5.56 Å². The van der Waals surface area contributed by atoms with E-state index in [1.165, 1.54) is 18.1 Å². The van der Waals surface area contributed by atoms with Crippen LogP contribution in [-0.4, -0.2) is 68.2 Å². The molecule has 8 nitrogen and oxygen atoms in total. The van der Waals surface area contributed by atoms with Crippen molar-refractivity contribution in [2.45, 2.75) is 31.8 Å². The van der Waals surface area contributed by atoms with E-state index >= 15 is 0 Å². The molecule has 0 saturated carbocycles. The predicted molar refractivity (Wildman–Crippen MR) is 101 cm³/mol. The number of nitrogens with zero attached hydrogens (tertiary/aromatic N) is 4. The number of likely N-dealkylation sites (tertiary alicyclic amines) is 1. The zero-order valence-electron chi connectivity index (χ0n) is 16.0. The van der Waals surface area contributed by atoms with Crippen LogP contribution in [0.25, 0.3) is 0 Å². The molecule has 28 heavy (non-hydrogen) atoms. The van der Waals surface area contributed by atoms with Gasteiger partial charge in [0, 0.05) is 26.7 Å². The monoisotopic (exact) mass is 381 g/mol. The van der Waals surface area contributed by atoms with Crippen LogP contribution in [0.1, 0.15) is 34.7 Å².